The lowest BCUT2D eigenvalue weighted by Crippen LogP contribution is -2.35. The third kappa shape index (κ3) is 4.47. The Morgan fingerprint density at radius 3 is 2.20 bits per heavy atom. The predicted octanol–water partition coefficient (Wildman–Crippen LogP) is 2.56. The first-order chi connectivity index (χ1) is 7.02. The number of thiocarbonyl (C=S) groups is 1. The second-order valence-electron chi connectivity index (χ2n) is 5.25. The molecule has 1 fully saturated rings. The number of hydrogen-bond acceptors (Lipinski definition) is 2. The van der Waals surface area contributed by atoms with Gasteiger partial charge in [-0.15, -0.1) is 0 Å². The van der Waals surface area contributed by atoms with Crippen molar-refractivity contribution in [3.8, 4) is 0 Å². The Hall–Kier alpha value is -0.150. The van der Waals surface area contributed by atoms with Crippen LogP contribution in [-0.2, 0) is 0 Å². The molecule has 2 N–H and O–H groups in total. The minimum Gasteiger partial charge on any atom is -0.393 e. The number of likely N-dealkylation sites (tertiary alicyclic amines) is 1. The monoisotopic (exact) mass is 228 g/mol. The van der Waals surface area contributed by atoms with Gasteiger partial charge in [0.25, 0.3) is 0 Å². The molecule has 0 aliphatic carbocycles. The molecule has 88 valence electrons. The van der Waals surface area contributed by atoms with Crippen molar-refractivity contribution >= 4 is 17.2 Å². The Kier molecular flexibility index (Phi) is 5.00. The van der Waals surface area contributed by atoms with Gasteiger partial charge < -0.3 is 10.6 Å². The number of nitrogens with zero attached hydrogens (tertiary/aromatic N) is 1. The van der Waals surface area contributed by atoms with Gasteiger partial charge in [-0.1, -0.05) is 38.9 Å². The van der Waals surface area contributed by atoms with Crippen LogP contribution in [-0.4, -0.2) is 29.5 Å². The van der Waals surface area contributed by atoms with Gasteiger partial charge in [0.1, 0.15) is 0 Å². The third-order valence-electron chi connectivity index (χ3n) is 3.42. The Bertz CT molecular complexity index is 206. The molecule has 0 saturated carbocycles. The van der Waals surface area contributed by atoms with Crippen LogP contribution in [0.15, 0.2) is 0 Å². The molecule has 1 heterocycles. The van der Waals surface area contributed by atoms with E-state index in [-0.39, 0.29) is 5.41 Å². The van der Waals surface area contributed by atoms with Crippen LogP contribution >= 0.6 is 12.2 Å². The second-order valence-corrected chi connectivity index (χ2v) is 5.69. The van der Waals surface area contributed by atoms with Crippen molar-refractivity contribution in [1.82, 2.24) is 4.90 Å². The summed E-state index contributed by atoms with van der Waals surface area (Å²) in [6.07, 6.45) is 6.59. The van der Waals surface area contributed by atoms with E-state index in [4.69, 9.17) is 18.0 Å². The smallest absolute Gasteiger partial charge is 0.0784 e. The van der Waals surface area contributed by atoms with Gasteiger partial charge in [-0.25, -0.2) is 0 Å². The van der Waals surface area contributed by atoms with Crippen LogP contribution in [0.2, 0.25) is 0 Å². The average Bonchev–Trinajstić information content (AvgIpc) is 2.42. The summed E-state index contributed by atoms with van der Waals surface area (Å²) >= 11 is 5.08. The average molecular weight is 228 g/mol. The second kappa shape index (κ2) is 5.80. The van der Waals surface area contributed by atoms with Crippen LogP contribution in [0.4, 0.5) is 0 Å². The molecule has 0 radical (unpaired) electrons. The summed E-state index contributed by atoms with van der Waals surface area (Å²) in [7, 11) is 0. The minimum absolute atomic E-state index is 0.0155. The molecule has 1 aliphatic rings. The first kappa shape index (κ1) is 12.9. The number of rotatable bonds is 4. The van der Waals surface area contributed by atoms with Crippen molar-refractivity contribution < 1.29 is 0 Å². The Labute approximate surface area is 99.2 Å². The lowest BCUT2D eigenvalue weighted by Gasteiger charge is -2.27. The largest absolute Gasteiger partial charge is 0.393 e. The fraction of sp³-hybridized carbons (Fsp3) is 0.917. The van der Waals surface area contributed by atoms with Gasteiger partial charge in [0.2, 0.25) is 0 Å². The van der Waals surface area contributed by atoms with Gasteiger partial charge in [-0.3, -0.25) is 0 Å². The Morgan fingerprint density at radius 2 is 1.73 bits per heavy atom. The molecule has 1 aliphatic heterocycles. The summed E-state index contributed by atoms with van der Waals surface area (Å²) < 4.78 is 0. The van der Waals surface area contributed by atoms with Crippen molar-refractivity contribution in [3.63, 3.8) is 0 Å². The molecule has 0 spiro atoms. The van der Waals surface area contributed by atoms with E-state index in [0.717, 1.165) is 13.0 Å². The zero-order valence-electron chi connectivity index (χ0n) is 10.1. The van der Waals surface area contributed by atoms with Gasteiger partial charge in [0.05, 0.1) is 4.99 Å². The lowest BCUT2D eigenvalue weighted by atomic mass is 9.89. The van der Waals surface area contributed by atoms with E-state index in [1.165, 1.54) is 38.8 Å². The maximum absolute atomic E-state index is 5.73. The van der Waals surface area contributed by atoms with E-state index in [0.29, 0.717) is 4.99 Å². The maximum atomic E-state index is 5.73. The highest BCUT2D eigenvalue weighted by Gasteiger charge is 2.22. The Balaban J connectivity index is 2.31. The van der Waals surface area contributed by atoms with Crippen LogP contribution in [0.1, 0.15) is 46.0 Å². The molecule has 0 amide bonds. The molecule has 3 heteroatoms. The minimum atomic E-state index is 0.0155. The van der Waals surface area contributed by atoms with Gasteiger partial charge in [-0.2, -0.15) is 0 Å². The summed E-state index contributed by atoms with van der Waals surface area (Å²) in [6.45, 7) is 7.95. The zero-order valence-corrected chi connectivity index (χ0v) is 10.9. The molecule has 2 nitrogen and oxygen atoms in total. The molecular formula is C12H24N2S. The van der Waals surface area contributed by atoms with Gasteiger partial charge in [0, 0.05) is 5.41 Å². The molecule has 0 bridgehead atoms. The summed E-state index contributed by atoms with van der Waals surface area (Å²) in [6, 6.07) is 0. The van der Waals surface area contributed by atoms with Crippen molar-refractivity contribution in [2.45, 2.75) is 46.0 Å². The molecule has 15 heavy (non-hydrogen) atoms. The zero-order chi connectivity index (χ0) is 11.3. The SMILES string of the molecule is CC(C)(CCN1CCCCCC1)C(N)=S. The van der Waals surface area contributed by atoms with E-state index in [9.17, 15) is 0 Å². The highest BCUT2D eigenvalue weighted by atomic mass is 32.1. The van der Waals surface area contributed by atoms with Gasteiger partial charge in [-0.05, 0) is 38.9 Å². The maximum Gasteiger partial charge on any atom is 0.0784 e. The fourth-order valence-corrected chi connectivity index (χ4v) is 2.02. The van der Waals surface area contributed by atoms with Crippen LogP contribution in [0.3, 0.4) is 0 Å². The molecule has 0 aromatic rings. The van der Waals surface area contributed by atoms with Gasteiger partial charge >= 0.3 is 0 Å². The topological polar surface area (TPSA) is 29.3 Å². The quantitative estimate of drug-likeness (QED) is 0.750. The lowest BCUT2D eigenvalue weighted by molar-refractivity contribution is 0.254. The van der Waals surface area contributed by atoms with Gasteiger partial charge in [0.15, 0.2) is 0 Å². The fourth-order valence-electron chi connectivity index (χ4n) is 1.92. The summed E-state index contributed by atoms with van der Waals surface area (Å²) in [5.74, 6) is 0. The summed E-state index contributed by atoms with van der Waals surface area (Å²) in [4.78, 5) is 3.21. The molecule has 0 unspecified atom stereocenters. The van der Waals surface area contributed by atoms with E-state index < -0.39 is 0 Å². The van der Waals surface area contributed by atoms with Crippen molar-refractivity contribution in [2.75, 3.05) is 19.6 Å². The van der Waals surface area contributed by atoms with Crippen molar-refractivity contribution in [1.29, 1.82) is 0 Å². The van der Waals surface area contributed by atoms with Crippen LogP contribution in [0.5, 0.6) is 0 Å². The molecule has 1 rings (SSSR count). The molecular weight excluding hydrogens is 204 g/mol. The predicted molar refractivity (Wildman–Crippen MR) is 70.1 cm³/mol. The van der Waals surface area contributed by atoms with Crippen LogP contribution in [0.25, 0.3) is 0 Å². The highest BCUT2D eigenvalue weighted by molar-refractivity contribution is 7.80. The normalized spacial score (nSPS) is 19.9. The van der Waals surface area contributed by atoms with E-state index in [2.05, 4.69) is 18.7 Å². The van der Waals surface area contributed by atoms with Crippen LogP contribution < -0.4 is 5.73 Å². The highest BCUT2D eigenvalue weighted by Crippen LogP contribution is 2.22. The first-order valence-electron chi connectivity index (χ1n) is 6.05. The Morgan fingerprint density at radius 1 is 1.20 bits per heavy atom. The summed E-state index contributed by atoms with van der Waals surface area (Å²) in [5, 5.41) is 0. The van der Waals surface area contributed by atoms with Crippen LogP contribution in [0, 0.1) is 5.41 Å². The third-order valence-corrected chi connectivity index (χ3v) is 3.97. The first-order valence-corrected chi connectivity index (χ1v) is 6.45. The van der Waals surface area contributed by atoms with Crippen molar-refractivity contribution in [3.05, 3.63) is 0 Å². The molecule has 0 atom stereocenters. The van der Waals surface area contributed by atoms with E-state index in [1.807, 2.05) is 0 Å². The van der Waals surface area contributed by atoms with Crippen molar-refractivity contribution in [2.24, 2.45) is 11.1 Å². The summed E-state index contributed by atoms with van der Waals surface area (Å²) in [5.41, 5.74) is 5.75. The molecule has 0 aromatic carbocycles. The van der Waals surface area contributed by atoms with E-state index in [1.54, 1.807) is 0 Å². The number of hydrogen-bond donors (Lipinski definition) is 1. The standard InChI is InChI=1S/C12H24N2S/c1-12(2,11(13)15)7-10-14-8-5-3-4-6-9-14/h3-10H2,1-2H3,(H2,13,15). The van der Waals surface area contributed by atoms with E-state index >= 15 is 0 Å². The molecule has 0 aromatic heterocycles. The molecule has 1 saturated heterocycles. The number of nitrogens with two attached hydrogens (primary N) is 1.